The molecule has 7 nitrogen and oxygen atoms in total. The number of rotatable bonds is 5. The Morgan fingerprint density at radius 3 is 2.35 bits per heavy atom. The first kappa shape index (κ1) is 15.7. The van der Waals surface area contributed by atoms with Crippen molar-refractivity contribution in [1.29, 1.82) is 0 Å². The molecule has 8 heteroatoms. The van der Waals surface area contributed by atoms with E-state index in [4.69, 9.17) is 10.8 Å². The summed E-state index contributed by atoms with van der Waals surface area (Å²) in [6.07, 6.45) is -0.0831. The van der Waals surface area contributed by atoms with E-state index in [0.717, 1.165) is 0 Å². The summed E-state index contributed by atoms with van der Waals surface area (Å²) in [6.45, 7) is -0.692. The van der Waals surface area contributed by atoms with Crippen LogP contribution in [0.3, 0.4) is 0 Å². The second kappa shape index (κ2) is 6.70. The van der Waals surface area contributed by atoms with E-state index >= 15 is 0 Å². The lowest BCUT2D eigenvalue weighted by Crippen LogP contribution is -2.29. The predicted molar refractivity (Wildman–Crippen MR) is 70.0 cm³/mol. The number of amides is 1. The van der Waals surface area contributed by atoms with Crippen LogP contribution in [0.2, 0.25) is 0 Å². The molecule has 0 spiro atoms. The van der Waals surface area contributed by atoms with Crippen molar-refractivity contribution in [3.63, 3.8) is 0 Å². The topological polar surface area (TPSA) is 127 Å². The quantitative estimate of drug-likeness (QED) is 0.618. The van der Waals surface area contributed by atoms with Crippen LogP contribution in [0.1, 0.15) is 12.0 Å². The first-order valence-corrected chi connectivity index (χ1v) is 6.88. The maximum Gasteiger partial charge on any atom is 0.318 e. The number of carboxylic acids is 1. The molecule has 0 fully saturated rings. The van der Waals surface area contributed by atoms with Gasteiger partial charge in [-0.15, -0.1) is 0 Å². The number of primary amides is 1. The van der Waals surface area contributed by atoms with Gasteiger partial charge in [0.2, 0.25) is 15.9 Å². The smallest absolute Gasteiger partial charge is 0.318 e. The molecule has 0 aliphatic heterocycles. The molecule has 20 heavy (non-hydrogen) atoms. The first-order valence-electron chi connectivity index (χ1n) is 5.40. The highest BCUT2D eigenvalue weighted by Crippen LogP contribution is 2.09. The average Bonchev–Trinajstić information content (AvgIpc) is 2.37. The summed E-state index contributed by atoms with van der Waals surface area (Å²) in [5, 5.41) is 8.43. The van der Waals surface area contributed by atoms with Crippen LogP contribution in [0.5, 0.6) is 0 Å². The highest BCUT2D eigenvalue weighted by molar-refractivity contribution is 7.89. The van der Waals surface area contributed by atoms with E-state index in [1.807, 2.05) is 4.72 Å². The first-order chi connectivity index (χ1) is 9.31. The molecule has 0 aliphatic rings. The molecule has 1 rings (SSSR count). The minimum atomic E-state index is -3.86. The highest BCUT2D eigenvalue weighted by atomic mass is 32.2. The van der Waals surface area contributed by atoms with E-state index in [1.165, 1.54) is 24.3 Å². The predicted octanol–water partition coefficient (Wildman–Crippen LogP) is -0.724. The molecule has 106 valence electrons. The number of nitrogens with two attached hydrogens (primary N) is 1. The van der Waals surface area contributed by atoms with Crippen molar-refractivity contribution in [2.45, 2.75) is 11.3 Å². The van der Waals surface area contributed by atoms with Gasteiger partial charge in [0.15, 0.2) is 0 Å². The average molecular weight is 296 g/mol. The Morgan fingerprint density at radius 1 is 1.25 bits per heavy atom. The van der Waals surface area contributed by atoms with Gasteiger partial charge < -0.3 is 10.8 Å². The van der Waals surface area contributed by atoms with E-state index in [9.17, 15) is 18.0 Å². The van der Waals surface area contributed by atoms with E-state index in [1.54, 1.807) is 0 Å². The van der Waals surface area contributed by atoms with Crippen molar-refractivity contribution in [2.75, 3.05) is 6.54 Å². The van der Waals surface area contributed by atoms with Gasteiger partial charge >= 0.3 is 5.97 Å². The molecule has 1 aromatic carbocycles. The van der Waals surface area contributed by atoms with Crippen LogP contribution < -0.4 is 10.5 Å². The van der Waals surface area contributed by atoms with Gasteiger partial charge in [-0.05, 0) is 24.3 Å². The zero-order valence-corrected chi connectivity index (χ0v) is 11.1. The number of carbonyl (C=O) groups excluding carboxylic acids is 1. The number of hydrogen-bond donors (Lipinski definition) is 3. The normalized spacial score (nSPS) is 10.4. The van der Waals surface area contributed by atoms with E-state index in [-0.39, 0.29) is 11.3 Å². The summed E-state index contributed by atoms with van der Waals surface area (Å²) < 4.78 is 25.3. The molecule has 1 amide bonds. The van der Waals surface area contributed by atoms with Crippen molar-refractivity contribution < 1.29 is 23.1 Å². The molecule has 0 saturated carbocycles. The molecule has 1 aromatic rings. The largest absolute Gasteiger partial charge is 0.480 e. The van der Waals surface area contributed by atoms with Gasteiger partial charge in [0, 0.05) is 5.56 Å². The van der Waals surface area contributed by atoms with Gasteiger partial charge in [0.1, 0.15) is 6.54 Å². The summed E-state index contributed by atoms with van der Waals surface area (Å²) in [6, 6.07) is 5.48. The van der Waals surface area contributed by atoms with Crippen LogP contribution >= 0.6 is 0 Å². The number of benzene rings is 1. The monoisotopic (exact) mass is 296 g/mol. The fraction of sp³-hybridized carbons (Fsp3) is 0.167. The molecule has 0 atom stereocenters. The van der Waals surface area contributed by atoms with Crippen LogP contribution in [-0.2, 0) is 19.6 Å². The Hall–Kier alpha value is -2.37. The zero-order valence-electron chi connectivity index (χ0n) is 10.3. The third-order valence-corrected chi connectivity index (χ3v) is 3.49. The molecule has 0 unspecified atom stereocenters. The molecular formula is C12H12N2O5S. The molecule has 0 aromatic heterocycles. The van der Waals surface area contributed by atoms with E-state index in [2.05, 4.69) is 11.8 Å². The molecule has 0 saturated heterocycles. The lowest BCUT2D eigenvalue weighted by molar-refractivity contribution is -0.135. The Labute approximate surface area is 115 Å². The molecule has 0 aliphatic carbocycles. The second-order valence-electron chi connectivity index (χ2n) is 3.69. The van der Waals surface area contributed by atoms with Crippen molar-refractivity contribution in [2.24, 2.45) is 5.73 Å². The van der Waals surface area contributed by atoms with Crippen molar-refractivity contribution in [3.05, 3.63) is 29.8 Å². The Balaban J connectivity index is 2.82. The molecule has 0 radical (unpaired) electrons. The van der Waals surface area contributed by atoms with Gasteiger partial charge in [-0.3, -0.25) is 9.59 Å². The standard InChI is InChI=1S/C12H12N2O5S/c13-11(15)3-1-2-9-4-6-10(7-5-9)20(18,19)14-8-12(16)17/h4-7,14H,3,8H2,(H2,13,15)(H,16,17). The third kappa shape index (κ3) is 5.09. The van der Waals surface area contributed by atoms with Crippen LogP contribution in [0, 0.1) is 11.8 Å². The van der Waals surface area contributed by atoms with Crippen LogP contribution in [0.25, 0.3) is 0 Å². The minimum Gasteiger partial charge on any atom is -0.480 e. The molecule has 4 N–H and O–H groups in total. The van der Waals surface area contributed by atoms with Gasteiger partial charge in [0.25, 0.3) is 0 Å². The molecular weight excluding hydrogens is 284 g/mol. The summed E-state index contributed by atoms with van der Waals surface area (Å²) in [5.41, 5.74) is 5.44. The van der Waals surface area contributed by atoms with E-state index in [0.29, 0.717) is 5.56 Å². The fourth-order valence-electron chi connectivity index (χ4n) is 1.19. The second-order valence-corrected chi connectivity index (χ2v) is 5.45. The third-order valence-electron chi connectivity index (χ3n) is 2.07. The Bertz CT molecular complexity index is 668. The van der Waals surface area contributed by atoms with Crippen LogP contribution in [0.15, 0.2) is 29.2 Å². The summed E-state index contributed by atoms with van der Waals surface area (Å²) in [4.78, 5) is 20.7. The van der Waals surface area contributed by atoms with Gasteiger partial charge in [0.05, 0.1) is 11.3 Å². The maximum atomic E-state index is 11.7. The SMILES string of the molecule is NC(=O)CC#Cc1ccc(S(=O)(=O)NCC(=O)O)cc1. The lowest BCUT2D eigenvalue weighted by atomic mass is 10.2. The number of carboxylic acid groups (broad SMARTS) is 1. The zero-order chi connectivity index (χ0) is 15.2. The number of hydrogen-bond acceptors (Lipinski definition) is 4. The number of nitrogens with one attached hydrogen (secondary N) is 1. The highest BCUT2D eigenvalue weighted by Gasteiger charge is 2.14. The Kier molecular flexibility index (Phi) is 5.25. The van der Waals surface area contributed by atoms with Crippen LogP contribution in [-0.4, -0.2) is 31.9 Å². The van der Waals surface area contributed by atoms with E-state index < -0.39 is 28.4 Å². The van der Waals surface area contributed by atoms with Crippen molar-refractivity contribution in [1.82, 2.24) is 4.72 Å². The van der Waals surface area contributed by atoms with Gasteiger partial charge in [-0.2, -0.15) is 4.72 Å². The fourth-order valence-corrected chi connectivity index (χ4v) is 2.17. The lowest BCUT2D eigenvalue weighted by Gasteiger charge is -2.04. The van der Waals surface area contributed by atoms with Gasteiger partial charge in [-0.1, -0.05) is 11.8 Å². The van der Waals surface area contributed by atoms with Crippen LogP contribution in [0.4, 0.5) is 0 Å². The van der Waals surface area contributed by atoms with Crippen molar-refractivity contribution >= 4 is 21.9 Å². The molecule has 0 heterocycles. The summed E-state index contributed by atoms with van der Waals surface area (Å²) in [5.74, 6) is 3.35. The number of aliphatic carboxylic acids is 1. The summed E-state index contributed by atoms with van der Waals surface area (Å²) in [7, 11) is -3.86. The maximum absolute atomic E-state index is 11.7. The summed E-state index contributed by atoms with van der Waals surface area (Å²) >= 11 is 0. The molecule has 0 bridgehead atoms. The number of sulfonamides is 1. The minimum absolute atomic E-state index is 0.0702. The number of carbonyl (C=O) groups is 2. The van der Waals surface area contributed by atoms with Crippen molar-refractivity contribution in [3.8, 4) is 11.8 Å². The Morgan fingerprint density at radius 2 is 1.85 bits per heavy atom. The van der Waals surface area contributed by atoms with Gasteiger partial charge in [-0.25, -0.2) is 8.42 Å².